The number of nitrogens with one attached hydrogen (secondary N) is 1. The molecule has 1 heterocycles. The lowest BCUT2D eigenvalue weighted by atomic mass is 10.1. The fourth-order valence-corrected chi connectivity index (χ4v) is 2.19. The molecule has 2 rings (SSSR count). The lowest BCUT2D eigenvalue weighted by molar-refractivity contribution is -0.131. The van der Waals surface area contributed by atoms with Crippen molar-refractivity contribution in [3.63, 3.8) is 0 Å². The van der Waals surface area contributed by atoms with E-state index in [1.165, 1.54) is 4.90 Å². The van der Waals surface area contributed by atoms with Crippen LogP contribution in [0.15, 0.2) is 24.3 Å². The van der Waals surface area contributed by atoms with Gasteiger partial charge in [-0.25, -0.2) is 0 Å². The molecule has 1 aromatic carbocycles. The fraction of sp³-hybridized carbons (Fsp3) is 0.429. The Labute approximate surface area is 112 Å². The molecule has 1 aliphatic rings. The quantitative estimate of drug-likeness (QED) is 0.883. The first-order chi connectivity index (χ1) is 9.15. The molecule has 1 atom stereocenters. The largest absolute Gasteiger partial charge is 0.380 e. The van der Waals surface area contributed by atoms with E-state index in [2.05, 4.69) is 5.32 Å². The topological polar surface area (TPSA) is 58.6 Å². The number of piperazine rings is 1. The SMILES string of the molecule is CCC1NC(=O)CN(c2cccc(COC)c2)C1=O. The van der Waals surface area contributed by atoms with E-state index in [9.17, 15) is 9.59 Å². The van der Waals surface area contributed by atoms with Gasteiger partial charge in [0, 0.05) is 12.8 Å². The number of anilines is 1. The first-order valence-corrected chi connectivity index (χ1v) is 6.34. The van der Waals surface area contributed by atoms with Gasteiger partial charge in [0.15, 0.2) is 0 Å². The maximum Gasteiger partial charge on any atom is 0.250 e. The number of ether oxygens (including phenoxy) is 1. The number of carbonyl (C=O) groups excluding carboxylic acids is 2. The highest BCUT2D eigenvalue weighted by Crippen LogP contribution is 2.20. The average Bonchev–Trinajstić information content (AvgIpc) is 2.41. The Morgan fingerprint density at radius 3 is 2.89 bits per heavy atom. The second kappa shape index (κ2) is 5.84. The minimum Gasteiger partial charge on any atom is -0.380 e. The predicted octanol–water partition coefficient (Wildman–Crippen LogP) is 1.07. The molecule has 19 heavy (non-hydrogen) atoms. The maximum atomic E-state index is 12.3. The third-order valence-electron chi connectivity index (χ3n) is 3.14. The number of rotatable bonds is 4. The van der Waals surface area contributed by atoms with Gasteiger partial charge in [-0.3, -0.25) is 9.59 Å². The van der Waals surface area contributed by atoms with E-state index in [4.69, 9.17) is 4.74 Å². The van der Waals surface area contributed by atoms with Crippen LogP contribution in [-0.2, 0) is 20.9 Å². The summed E-state index contributed by atoms with van der Waals surface area (Å²) in [5.74, 6) is -0.180. The van der Waals surface area contributed by atoms with Crippen molar-refractivity contribution >= 4 is 17.5 Å². The summed E-state index contributed by atoms with van der Waals surface area (Å²) >= 11 is 0. The summed E-state index contributed by atoms with van der Waals surface area (Å²) in [6.07, 6.45) is 0.596. The van der Waals surface area contributed by atoms with E-state index < -0.39 is 6.04 Å². The molecule has 1 aliphatic heterocycles. The summed E-state index contributed by atoms with van der Waals surface area (Å²) in [6.45, 7) is 2.44. The summed E-state index contributed by atoms with van der Waals surface area (Å²) in [4.78, 5) is 25.4. The van der Waals surface area contributed by atoms with E-state index >= 15 is 0 Å². The van der Waals surface area contributed by atoms with Crippen molar-refractivity contribution in [2.45, 2.75) is 26.0 Å². The molecule has 102 valence electrons. The molecular weight excluding hydrogens is 244 g/mol. The lowest BCUT2D eigenvalue weighted by Gasteiger charge is -2.32. The Bertz CT molecular complexity index is 487. The van der Waals surface area contributed by atoms with Crippen molar-refractivity contribution in [2.75, 3.05) is 18.6 Å². The Morgan fingerprint density at radius 1 is 1.42 bits per heavy atom. The summed E-state index contributed by atoms with van der Waals surface area (Å²) in [6, 6.07) is 7.09. The van der Waals surface area contributed by atoms with Gasteiger partial charge in [0.05, 0.1) is 6.61 Å². The van der Waals surface area contributed by atoms with E-state index in [-0.39, 0.29) is 18.4 Å². The number of methoxy groups -OCH3 is 1. The molecule has 0 aliphatic carbocycles. The van der Waals surface area contributed by atoms with E-state index in [0.29, 0.717) is 13.0 Å². The van der Waals surface area contributed by atoms with E-state index in [0.717, 1.165) is 11.3 Å². The average molecular weight is 262 g/mol. The highest BCUT2D eigenvalue weighted by atomic mass is 16.5. The minimum atomic E-state index is -0.424. The molecule has 1 saturated heterocycles. The third kappa shape index (κ3) is 2.93. The van der Waals surface area contributed by atoms with Gasteiger partial charge in [-0.1, -0.05) is 19.1 Å². The van der Waals surface area contributed by atoms with Crippen molar-refractivity contribution in [3.05, 3.63) is 29.8 Å². The zero-order chi connectivity index (χ0) is 13.8. The minimum absolute atomic E-state index is 0.0586. The number of amides is 2. The van der Waals surface area contributed by atoms with Crippen LogP contribution in [0.25, 0.3) is 0 Å². The zero-order valence-electron chi connectivity index (χ0n) is 11.2. The highest BCUT2D eigenvalue weighted by molar-refractivity contribution is 6.06. The first-order valence-electron chi connectivity index (χ1n) is 6.34. The summed E-state index contributed by atoms with van der Waals surface area (Å²) in [7, 11) is 1.62. The number of nitrogens with zero attached hydrogens (tertiary/aromatic N) is 1. The Balaban J connectivity index is 2.26. The van der Waals surface area contributed by atoms with Gasteiger partial charge in [0.1, 0.15) is 12.6 Å². The van der Waals surface area contributed by atoms with Crippen LogP contribution in [-0.4, -0.2) is 31.5 Å². The second-order valence-corrected chi connectivity index (χ2v) is 4.56. The van der Waals surface area contributed by atoms with Crippen LogP contribution in [0.3, 0.4) is 0 Å². The molecule has 1 N–H and O–H groups in total. The van der Waals surface area contributed by atoms with Crippen molar-refractivity contribution in [2.24, 2.45) is 0 Å². The monoisotopic (exact) mass is 262 g/mol. The number of carbonyl (C=O) groups is 2. The van der Waals surface area contributed by atoms with Crippen LogP contribution in [0, 0.1) is 0 Å². The maximum absolute atomic E-state index is 12.3. The second-order valence-electron chi connectivity index (χ2n) is 4.56. The zero-order valence-corrected chi connectivity index (χ0v) is 11.2. The van der Waals surface area contributed by atoms with Crippen LogP contribution < -0.4 is 10.2 Å². The first kappa shape index (κ1) is 13.5. The van der Waals surface area contributed by atoms with Gasteiger partial charge in [0.2, 0.25) is 11.8 Å². The van der Waals surface area contributed by atoms with Gasteiger partial charge in [-0.2, -0.15) is 0 Å². The molecule has 2 amide bonds. The van der Waals surface area contributed by atoms with Gasteiger partial charge in [-0.15, -0.1) is 0 Å². The van der Waals surface area contributed by atoms with Crippen molar-refractivity contribution in [1.29, 1.82) is 0 Å². The molecule has 1 aromatic rings. The fourth-order valence-electron chi connectivity index (χ4n) is 2.19. The summed E-state index contributed by atoms with van der Waals surface area (Å²) < 4.78 is 5.08. The van der Waals surface area contributed by atoms with Crippen LogP contribution in [0.2, 0.25) is 0 Å². The number of hydrogen-bond acceptors (Lipinski definition) is 3. The summed E-state index contributed by atoms with van der Waals surface area (Å²) in [5.41, 5.74) is 1.72. The molecule has 0 radical (unpaired) electrons. The van der Waals surface area contributed by atoms with E-state index in [1.807, 2.05) is 31.2 Å². The molecule has 0 aromatic heterocycles. The van der Waals surface area contributed by atoms with Crippen LogP contribution in [0.1, 0.15) is 18.9 Å². The van der Waals surface area contributed by atoms with Crippen LogP contribution >= 0.6 is 0 Å². The highest BCUT2D eigenvalue weighted by Gasteiger charge is 2.32. The van der Waals surface area contributed by atoms with Crippen molar-refractivity contribution < 1.29 is 14.3 Å². The van der Waals surface area contributed by atoms with Gasteiger partial charge >= 0.3 is 0 Å². The Hall–Kier alpha value is -1.88. The molecule has 1 fully saturated rings. The van der Waals surface area contributed by atoms with Gasteiger partial charge in [0.25, 0.3) is 0 Å². The lowest BCUT2D eigenvalue weighted by Crippen LogP contribution is -2.58. The molecule has 0 bridgehead atoms. The standard InChI is InChI=1S/C14H18N2O3/c1-3-12-14(18)16(8-13(17)15-12)11-6-4-5-10(7-11)9-19-2/h4-7,12H,3,8-9H2,1-2H3,(H,15,17). The Morgan fingerprint density at radius 2 is 2.21 bits per heavy atom. The normalized spacial score (nSPS) is 19.5. The molecule has 1 unspecified atom stereocenters. The number of benzene rings is 1. The van der Waals surface area contributed by atoms with Crippen LogP contribution in [0.4, 0.5) is 5.69 Å². The van der Waals surface area contributed by atoms with Crippen LogP contribution in [0.5, 0.6) is 0 Å². The smallest absolute Gasteiger partial charge is 0.250 e. The molecule has 0 spiro atoms. The number of hydrogen-bond donors (Lipinski definition) is 1. The van der Waals surface area contributed by atoms with Crippen molar-refractivity contribution in [3.8, 4) is 0 Å². The third-order valence-corrected chi connectivity index (χ3v) is 3.14. The van der Waals surface area contributed by atoms with E-state index in [1.54, 1.807) is 7.11 Å². The molecule has 0 saturated carbocycles. The molecule has 5 heteroatoms. The predicted molar refractivity (Wildman–Crippen MR) is 71.7 cm³/mol. The van der Waals surface area contributed by atoms with Crippen molar-refractivity contribution in [1.82, 2.24) is 5.32 Å². The van der Waals surface area contributed by atoms with Gasteiger partial charge in [-0.05, 0) is 24.1 Å². The Kier molecular flexibility index (Phi) is 4.16. The molecular formula is C14H18N2O3. The summed E-state index contributed by atoms with van der Waals surface area (Å²) in [5, 5.41) is 2.70. The van der Waals surface area contributed by atoms with Gasteiger partial charge < -0.3 is 15.0 Å². The molecule has 5 nitrogen and oxygen atoms in total.